The molecule has 1 aliphatic heterocycles. The van der Waals surface area contributed by atoms with Gasteiger partial charge in [0.05, 0.1) is 12.2 Å². The SMILES string of the molecule is CCCCCCC[C@@H]1O[C@@H]1CC#CC#C[C@@H](CC)OC(C)=O. The van der Waals surface area contributed by atoms with Crippen LogP contribution in [0.25, 0.3) is 0 Å². The molecule has 0 N–H and O–H groups in total. The summed E-state index contributed by atoms with van der Waals surface area (Å²) in [6, 6.07) is 0. The molecule has 3 nitrogen and oxygen atoms in total. The Balaban J connectivity index is 2.12. The van der Waals surface area contributed by atoms with Crippen LogP contribution in [0.4, 0.5) is 0 Å². The van der Waals surface area contributed by atoms with Crippen LogP contribution in [0, 0.1) is 23.7 Å². The molecule has 1 heterocycles. The van der Waals surface area contributed by atoms with Crippen LogP contribution >= 0.6 is 0 Å². The summed E-state index contributed by atoms with van der Waals surface area (Å²) >= 11 is 0. The summed E-state index contributed by atoms with van der Waals surface area (Å²) in [7, 11) is 0. The summed E-state index contributed by atoms with van der Waals surface area (Å²) in [4.78, 5) is 10.8. The summed E-state index contributed by atoms with van der Waals surface area (Å²) in [6.45, 7) is 5.55. The van der Waals surface area contributed by atoms with Crippen LogP contribution in [0.2, 0.25) is 0 Å². The molecule has 3 heteroatoms. The Morgan fingerprint density at radius 2 is 1.91 bits per heavy atom. The van der Waals surface area contributed by atoms with Crippen molar-refractivity contribution in [1.82, 2.24) is 0 Å². The van der Waals surface area contributed by atoms with E-state index in [0.717, 1.165) is 12.8 Å². The molecule has 1 fully saturated rings. The largest absolute Gasteiger partial charge is 0.449 e. The molecule has 0 amide bonds. The zero-order valence-corrected chi connectivity index (χ0v) is 14.1. The molecule has 0 radical (unpaired) electrons. The van der Waals surface area contributed by atoms with Gasteiger partial charge >= 0.3 is 5.97 Å². The van der Waals surface area contributed by atoms with Gasteiger partial charge in [0.2, 0.25) is 0 Å². The average molecular weight is 304 g/mol. The molecule has 1 saturated heterocycles. The third-order valence-corrected chi connectivity index (χ3v) is 3.65. The number of hydrogen-bond acceptors (Lipinski definition) is 3. The van der Waals surface area contributed by atoms with Crippen LogP contribution in [0.15, 0.2) is 0 Å². The highest BCUT2D eigenvalue weighted by Gasteiger charge is 2.36. The van der Waals surface area contributed by atoms with Gasteiger partial charge in [-0.3, -0.25) is 4.79 Å². The molecule has 0 aliphatic carbocycles. The molecule has 3 atom stereocenters. The van der Waals surface area contributed by atoms with Crippen LogP contribution in [0.5, 0.6) is 0 Å². The Hall–Kier alpha value is -1.45. The molecular formula is C19H28O3. The Labute approximate surface area is 135 Å². The number of hydrogen-bond donors (Lipinski definition) is 0. The van der Waals surface area contributed by atoms with E-state index < -0.39 is 0 Å². The smallest absolute Gasteiger partial charge is 0.303 e. The summed E-state index contributed by atoms with van der Waals surface area (Å²) in [5, 5.41) is 0. The van der Waals surface area contributed by atoms with Crippen molar-refractivity contribution < 1.29 is 14.3 Å². The van der Waals surface area contributed by atoms with E-state index in [1.807, 2.05) is 6.92 Å². The van der Waals surface area contributed by atoms with Gasteiger partial charge in [0, 0.05) is 13.3 Å². The molecular weight excluding hydrogens is 276 g/mol. The highest BCUT2D eigenvalue weighted by molar-refractivity contribution is 5.66. The number of esters is 1. The first-order valence-electron chi connectivity index (χ1n) is 8.48. The lowest BCUT2D eigenvalue weighted by atomic mass is 10.1. The number of epoxide rings is 1. The first-order chi connectivity index (χ1) is 10.7. The summed E-state index contributed by atoms with van der Waals surface area (Å²) in [6.07, 6.45) is 9.49. The Morgan fingerprint density at radius 3 is 2.59 bits per heavy atom. The van der Waals surface area contributed by atoms with Gasteiger partial charge in [-0.2, -0.15) is 0 Å². The van der Waals surface area contributed by atoms with Gasteiger partial charge in [-0.1, -0.05) is 51.9 Å². The quantitative estimate of drug-likeness (QED) is 0.281. The van der Waals surface area contributed by atoms with Crippen molar-refractivity contribution in [2.24, 2.45) is 0 Å². The van der Waals surface area contributed by atoms with Gasteiger partial charge in [0.25, 0.3) is 0 Å². The molecule has 0 aromatic rings. The molecule has 0 saturated carbocycles. The second-order valence-corrected chi connectivity index (χ2v) is 5.70. The minimum absolute atomic E-state index is 0.302. The third-order valence-electron chi connectivity index (χ3n) is 3.65. The summed E-state index contributed by atoms with van der Waals surface area (Å²) in [5.74, 6) is 11.2. The van der Waals surface area contributed by atoms with Crippen LogP contribution in [0.3, 0.4) is 0 Å². The maximum atomic E-state index is 10.8. The van der Waals surface area contributed by atoms with Crippen molar-refractivity contribution in [3.8, 4) is 23.7 Å². The van der Waals surface area contributed by atoms with E-state index in [1.165, 1.54) is 39.0 Å². The molecule has 0 aromatic heterocycles. The Bertz CT molecular complexity index is 447. The van der Waals surface area contributed by atoms with E-state index in [0.29, 0.717) is 18.6 Å². The minimum Gasteiger partial charge on any atom is -0.449 e. The van der Waals surface area contributed by atoms with Crippen LogP contribution < -0.4 is 0 Å². The summed E-state index contributed by atoms with van der Waals surface area (Å²) < 4.78 is 10.6. The van der Waals surface area contributed by atoms with Gasteiger partial charge in [-0.15, -0.1) is 0 Å². The molecule has 22 heavy (non-hydrogen) atoms. The predicted molar refractivity (Wildman–Crippen MR) is 88.1 cm³/mol. The number of carbonyl (C=O) groups excluding carboxylic acids is 1. The molecule has 0 bridgehead atoms. The van der Waals surface area contributed by atoms with E-state index in [9.17, 15) is 4.79 Å². The van der Waals surface area contributed by atoms with Crippen LogP contribution in [-0.2, 0) is 14.3 Å². The Kier molecular flexibility index (Phi) is 9.44. The molecule has 0 spiro atoms. The van der Waals surface area contributed by atoms with E-state index in [1.54, 1.807) is 0 Å². The fourth-order valence-corrected chi connectivity index (χ4v) is 2.29. The normalized spacial score (nSPS) is 20.1. The van der Waals surface area contributed by atoms with Gasteiger partial charge in [0.15, 0.2) is 6.10 Å². The van der Waals surface area contributed by atoms with E-state index in [2.05, 4.69) is 30.6 Å². The zero-order chi connectivity index (χ0) is 16.2. The molecule has 1 aliphatic rings. The fraction of sp³-hybridized carbons (Fsp3) is 0.737. The van der Waals surface area contributed by atoms with Crippen molar-refractivity contribution >= 4 is 5.97 Å². The predicted octanol–water partition coefficient (Wildman–Crippen LogP) is 3.85. The van der Waals surface area contributed by atoms with E-state index in [4.69, 9.17) is 9.47 Å². The highest BCUT2D eigenvalue weighted by Crippen LogP contribution is 2.29. The van der Waals surface area contributed by atoms with Gasteiger partial charge in [0.1, 0.15) is 0 Å². The maximum absolute atomic E-state index is 10.8. The van der Waals surface area contributed by atoms with Crippen LogP contribution in [0.1, 0.15) is 72.1 Å². The van der Waals surface area contributed by atoms with Gasteiger partial charge in [-0.25, -0.2) is 0 Å². The topological polar surface area (TPSA) is 38.8 Å². The Morgan fingerprint density at radius 1 is 1.14 bits per heavy atom. The fourth-order valence-electron chi connectivity index (χ4n) is 2.29. The third kappa shape index (κ3) is 8.75. The second-order valence-electron chi connectivity index (χ2n) is 5.70. The van der Waals surface area contributed by atoms with Gasteiger partial charge in [-0.05, 0) is 30.6 Å². The lowest BCUT2D eigenvalue weighted by Crippen LogP contribution is -2.12. The number of ether oxygens (including phenoxy) is 2. The van der Waals surface area contributed by atoms with Crippen molar-refractivity contribution in [1.29, 1.82) is 0 Å². The summed E-state index contributed by atoms with van der Waals surface area (Å²) in [5.41, 5.74) is 0. The highest BCUT2D eigenvalue weighted by atomic mass is 16.6. The lowest BCUT2D eigenvalue weighted by Gasteiger charge is -2.06. The average Bonchev–Trinajstić information content (AvgIpc) is 3.23. The van der Waals surface area contributed by atoms with Gasteiger partial charge < -0.3 is 9.47 Å². The van der Waals surface area contributed by atoms with E-state index in [-0.39, 0.29) is 12.1 Å². The number of rotatable bonds is 9. The standard InChI is InChI=1S/C19H28O3/c1-4-6-7-8-11-14-18-19(22-18)15-12-9-10-13-17(5-2)21-16(3)20/h17-19H,4-8,11,14-15H2,1-3H3/t17-,18+,19-/m1/s1. The lowest BCUT2D eigenvalue weighted by molar-refractivity contribution is -0.143. The molecule has 0 aromatic carbocycles. The maximum Gasteiger partial charge on any atom is 0.303 e. The first kappa shape index (κ1) is 18.6. The second kappa shape index (κ2) is 11.2. The first-order valence-corrected chi connectivity index (χ1v) is 8.48. The number of unbranched alkanes of at least 4 members (excludes halogenated alkanes) is 4. The number of carbonyl (C=O) groups is 1. The van der Waals surface area contributed by atoms with Crippen molar-refractivity contribution in [3.63, 3.8) is 0 Å². The molecule has 0 unspecified atom stereocenters. The van der Waals surface area contributed by atoms with Crippen molar-refractivity contribution in [2.75, 3.05) is 0 Å². The van der Waals surface area contributed by atoms with Crippen molar-refractivity contribution in [3.05, 3.63) is 0 Å². The van der Waals surface area contributed by atoms with Crippen molar-refractivity contribution in [2.45, 2.75) is 90.4 Å². The zero-order valence-electron chi connectivity index (χ0n) is 14.1. The molecule has 1 rings (SSSR count). The van der Waals surface area contributed by atoms with Crippen LogP contribution in [-0.4, -0.2) is 24.3 Å². The molecule has 122 valence electrons. The minimum atomic E-state index is -0.347. The monoisotopic (exact) mass is 304 g/mol. The van der Waals surface area contributed by atoms with E-state index >= 15 is 0 Å².